The third kappa shape index (κ3) is 2.27. The molecule has 4 nitrogen and oxygen atoms in total. The summed E-state index contributed by atoms with van der Waals surface area (Å²) in [7, 11) is 0. The lowest BCUT2D eigenvalue weighted by Crippen LogP contribution is -2.08. The first-order chi connectivity index (χ1) is 11.1. The van der Waals surface area contributed by atoms with E-state index in [0.717, 1.165) is 16.0 Å². The minimum absolute atomic E-state index is 0.231. The lowest BCUT2D eigenvalue weighted by Gasteiger charge is -2.02. The fourth-order valence-corrected chi connectivity index (χ4v) is 3.66. The van der Waals surface area contributed by atoms with E-state index in [9.17, 15) is 9.18 Å². The summed E-state index contributed by atoms with van der Waals surface area (Å²) >= 11 is 1.44. The van der Waals surface area contributed by atoms with Crippen LogP contribution in [-0.4, -0.2) is 9.97 Å². The Morgan fingerprint density at radius 1 is 1.22 bits per heavy atom. The number of aryl methyl sites for hydroxylation is 1. The second-order valence-electron chi connectivity index (χ2n) is 5.11. The first-order valence-corrected chi connectivity index (χ1v) is 7.78. The first-order valence-electron chi connectivity index (χ1n) is 6.97. The molecule has 6 heteroatoms. The maximum atomic E-state index is 13.1. The summed E-state index contributed by atoms with van der Waals surface area (Å²) in [4.78, 5) is 21.4. The molecule has 23 heavy (non-hydrogen) atoms. The van der Waals surface area contributed by atoms with Crippen molar-refractivity contribution in [2.24, 2.45) is 0 Å². The zero-order chi connectivity index (χ0) is 16.0. The van der Waals surface area contributed by atoms with Gasteiger partial charge < -0.3 is 9.40 Å². The van der Waals surface area contributed by atoms with Crippen molar-refractivity contribution in [1.82, 2.24) is 9.97 Å². The molecule has 3 aromatic heterocycles. The van der Waals surface area contributed by atoms with Gasteiger partial charge in [-0.3, -0.25) is 4.79 Å². The summed E-state index contributed by atoms with van der Waals surface area (Å²) in [5.74, 6) is 0.607. The second-order valence-corrected chi connectivity index (χ2v) is 6.32. The van der Waals surface area contributed by atoms with Crippen molar-refractivity contribution in [2.45, 2.75) is 6.92 Å². The van der Waals surface area contributed by atoms with E-state index in [0.29, 0.717) is 21.8 Å². The topological polar surface area (TPSA) is 58.9 Å². The number of nitrogens with zero attached hydrogens (tertiary/aromatic N) is 1. The molecule has 0 amide bonds. The number of aromatic nitrogens is 2. The SMILES string of the molecule is Cc1sc2nc(-c3ccco3)[nH]c(=O)c2c1-c1ccc(F)cc1. The zero-order valence-corrected chi connectivity index (χ0v) is 12.9. The molecule has 0 aliphatic heterocycles. The number of thiophene rings is 1. The highest BCUT2D eigenvalue weighted by Crippen LogP contribution is 2.36. The van der Waals surface area contributed by atoms with Gasteiger partial charge in [0.25, 0.3) is 5.56 Å². The normalized spacial score (nSPS) is 11.2. The van der Waals surface area contributed by atoms with Gasteiger partial charge in [0.05, 0.1) is 11.6 Å². The van der Waals surface area contributed by atoms with Crippen molar-refractivity contribution in [3.63, 3.8) is 0 Å². The van der Waals surface area contributed by atoms with Crippen molar-refractivity contribution in [1.29, 1.82) is 0 Å². The molecule has 1 aromatic carbocycles. The van der Waals surface area contributed by atoms with Crippen LogP contribution >= 0.6 is 11.3 Å². The van der Waals surface area contributed by atoms with E-state index >= 15 is 0 Å². The highest BCUT2D eigenvalue weighted by molar-refractivity contribution is 7.19. The predicted molar refractivity (Wildman–Crippen MR) is 88.1 cm³/mol. The first kappa shape index (κ1) is 13.9. The van der Waals surface area contributed by atoms with E-state index in [1.165, 1.54) is 29.7 Å². The molecule has 0 radical (unpaired) electrons. The van der Waals surface area contributed by atoms with Crippen molar-refractivity contribution in [3.8, 4) is 22.7 Å². The Labute approximate surface area is 134 Å². The van der Waals surface area contributed by atoms with E-state index in [4.69, 9.17) is 4.42 Å². The summed E-state index contributed by atoms with van der Waals surface area (Å²) in [6, 6.07) is 9.59. The lowest BCUT2D eigenvalue weighted by atomic mass is 10.0. The van der Waals surface area contributed by atoms with E-state index in [1.807, 2.05) is 6.92 Å². The summed E-state index contributed by atoms with van der Waals surface area (Å²) in [5, 5.41) is 0.523. The van der Waals surface area contributed by atoms with E-state index in [-0.39, 0.29) is 11.4 Å². The molecule has 114 valence electrons. The number of hydrogen-bond acceptors (Lipinski definition) is 4. The van der Waals surface area contributed by atoms with E-state index < -0.39 is 0 Å². The van der Waals surface area contributed by atoms with Crippen molar-refractivity contribution in [3.05, 3.63) is 63.7 Å². The van der Waals surface area contributed by atoms with E-state index in [1.54, 1.807) is 24.3 Å². The third-order valence-electron chi connectivity index (χ3n) is 3.63. The Hall–Kier alpha value is -2.73. The van der Waals surface area contributed by atoms with Crippen LogP contribution in [0.3, 0.4) is 0 Å². The van der Waals surface area contributed by atoms with Crippen LogP contribution in [0, 0.1) is 12.7 Å². The number of halogens is 1. The Morgan fingerprint density at radius 3 is 2.70 bits per heavy atom. The zero-order valence-electron chi connectivity index (χ0n) is 12.1. The fourth-order valence-electron chi connectivity index (χ4n) is 2.61. The third-order valence-corrected chi connectivity index (χ3v) is 4.62. The Kier molecular flexibility index (Phi) is 3.12. The number of fused-ring (bicyclic) bond motifs is 1. The number of hydrogen-bond donors (Lipinski definition) is 1. The van der Waals surface area contributed by atoms with Crippen molar-refractivity contribution < 1.29 is 8.81 Å². The van der Waals surface area contributed by atoms with Crippen LogP contribution in [0.25, 0.3) is 32.9 Å². The second kappa shape index (κ2) is 5.17. The largest absolute Gasteiger partial charge is 0.461 e. The van der Waals surface area contributed by atoms with Crippen LogP contribution in [0.4, 0.5) is 4.39 Å². The minimum atomic E-state index is -0.307. The lowest BCUT2D eigenvalue weighted by molar-refractivity contribution is 0.577. The van der Waals surface area contributed by atoms with Gasteiger partial charge >= 0.3 is 0 Å². The molecule has 4 rings (SSSR count). The van der Waals surface area contributed by atoms with Gasteiger partial charge in [-0.25, -0.2) is 9.37 Å². The van der Waals surface area contributed by atoms with Crippen LogP contribution in [0.5, 0.6) is 0 Å². The molecular weight excluding hydrogens is 315 g/mol. The van der Waals surface area contributed by atoms with Gasteiger partial charge in [0, 0.05) is 10.4 Å². The minimum Gasteiger partial charge on any atom is -0.461 e. The number of H-pyrrole nitrogens is 1. The molecule has 1 N–H and O–H groups in total. The summed E-state index contributed by atoms with van der Waals surface area (Å²) in [5.41, 5.74) is 1.36. The molecule has 0 unspecified atom stereocenters. The molecule has 0 saturated carbocycles. The van der Waals surface area contributed by atoms with Gasteiger partial charge in [-0.15, -0.1) is 11.3 Å². The quantitative estimate of drug-likeness (QED) is 0.595. The van der Waals surface area contributed by atoms with Crippen LogP contribution < -0.4 is 5.56 Å². The maximum absolute atomic E-state index is 13.1. The molecule has 0 fully saturated rings. The van der Waals surface area contributed by atoms with Gasteiger partial charge in [0.2, 0.25) is 0 Å². The van der Waals surface area contributed by atoms with Gasteiger partial charge in [0.1, 0.15) is 10.6 Å². The Balaban J connectivity index is 1.98. The van der Waals surface area contributed by atoms with Crippen molar-refractivity contribution in [2.75, 3.05) is 0 Å². The number of benzene rings is 1. The highest BCUT2D eigenvalue weighted by atomic mass is 32.1. The number of furan rings is 1. The van der Waals surface area contributed by atoms with Gasteiger partial charge in [-0.05, 0) is 36.8 Å². The van der Waals surface area contributed by atoms with Gasteiger partial charge in [-0.1, -0.05) is 12.1 Å². The molecule has 0 bridgehead atoms. The summed E-state index contributed by atoms with van der Waals surface area (Å²) in [6.07, 6.45) is 1.53. The summed E-state index contributed by atoms with van der Waals surface area (Å²) in [6.45, 7) is 1.93. The van der Waals surface area contributed by atoms with Crippen LogP contribution in [-0.2, 0) is 0 Å². The molecule has 0 saturated heterocycles. The summed E-state index contributed by atoms with van der Waals surface area (Å²) < 4.78 is 18.4. The molecule has 0 aliphatic carbocycles. The molecule has 0 spiro atoms. The maximum Gasteiger partial charge on any atom is 0.260 e. The van der Waals surface area contributed by atoms with Crippen molar-refractivity contribution >= 4 is 21.6 Å². The highest BCUT2D eigenvalue weighted by Gasteiger charge is 2.17. The molecular formula is C17H11FN2O2S. The monoisotopic (exact) mass is 326 g/mol. The van der Waals surface area contributed by atoms with Gasteiger partial charge in [-0.2, -0.15) is 0 Å². The number of nitrogens with one attached hydrogen (secondary N) is 1. The average molecular weight is 326 g/mol. The smallest absolute Gasteiger partial charge is 0.260 e. The molecule has 3 heterocycles. The number of aromatic amines is 1. The fraction of sp³-hybridized carbons (Fsp3) is 0.0588. The number of rotatable bonds is 2. The van der Waals surface area contributed by atoms with Crippen LogP contribution in [0.2, 0.25) is 0 Å². The average Bonchev–Trinajstić information content (AvgIpc) is 3.15. The van der Waals surface area contributed by atoms with Crippen LogP contribution in [0.1, 0.15) is 4.88 Å². The Bertz CT molecular complexity index is 1050. The van der Waals surface area contributed by atoms with Crippen LogP contribution in [0.15, 0.2) is 51.9 Å². The standard InChI is InChI=1S/C17H11FN2O2S/c1-9-13(10-4-6-11(18)7-5-10)14-16(21)19-15(20-17(14)23-9)12-3-2-8-22-12/h2-8H,1H3,(H,19,20,21). The predicted octanol–water partition coefficient (Wildman–Crippen LogP) is 4.36. The molecule has 0 aliphatic rings. The van der Waals surface area contributed by atoms with E-state index in [2.05, 4.69) is 9.97 Å². The molecule has 4 aromatic rings. The Morgan fingerprint density at radius 2 is 2.00 bits per heavy atom. The van der Waals surface area contributed by atoms with Gasteiger partial charge in [0.15, 0.2) is 11.6 Å². The molecule has 0 atom stereocenters.